The van der Waals surface area contributed by atoms with Crippen molar-refractivity contribution in [3.8, 4) is 0 Å². The van der Waals surface area contributed by atoms with Crippen LogP contribution < -0.4 is 0 Å². The third kappa shape index (κ3) is 1.37. The number of carbonyl (C=O) groups excluding carboxylic acids is 1. The van der Waals surface area contributed by atoms with Crippen LogP contribution in [0.5, 0.6) is 0 Å². The third-order valence-electron chi connectivity index (χ3n) is 4.07. The number of allylic oxidation sites excluding steroid dienone is 1. The highest BCUT2D eigenvalue weighted by Gasteiger charge is 2.51. The summed E-state index contributed by atoms with van der Waals surface area (Å²) in [5.74, 6) is 0.611. The van der Waals surface area contributed by atoms with Gasteiger partial charge in [0.05, 0.1) is 0 Å². The molecule has 0 unspecified atom stereocenters. The van der Waals surface area contributed by atoms with Gasteiger partial charge in [-0.3, -0.25) is 4.79 Å². The first kappa shape index (κ1) is 10.8. The van der Waals surface area contributed by atoms with E-state index in [0.29, 0.717) is 0 Å². The topological polar surface area (TPSA) is 46.5 Å². The van der Waals surface area contributed by atoms with Crippen molar-refractivity contribution in [2.24, 2.45) is 23.7 Å². The molecule has 0 aromatic rings. The van der Waals surface area contributed by atoms with E-state index < -0.39 is 0 Å². The number of aliphatic hydroxyl groups excluding tert-OH is 1. The van der Waals surface area contributed by atoms with Gasteiger partial charge in [0.2, 0.25) is 0 Å². The first-order chi connectivity index (χ1) is 7.11. The van der Waals surface area contributed by atoms with E-state index >= 15 is 0 Å². The second kappa shape index (κ2) is 3.72. The van der Waals surface area contributed by atoms with E-state index in [2.05, 4.69) is 6.08 Å². The Kier molecular flexibility index (Phi) is 2.69. The Labute approximate surface area is 90.1 Å². The standard InChI is InChI=1S/C12H18O3/c1-6-4-8-7(2)9(5-13)10(6)12(15-3)11(8)14/h4,7-10,12-13H,5H2,1-3H3/t7-,8+,9+,10-,12-/m0/s1. The lowest BCUT2D eigenvalue weighted by Gasteiger charge is -2.48. The van der Waals surface area contributed by atoms with Gasteiger partial charge in [0.25, 0.3) is 0 Å². The van der Waals surface area contributed by atoms with Gasteiger partial charge in [0, 0.05) is 25.6 Å². The number of hydrogen-bond acceptors (Lipinski definition) is 3. The first-order valence-electron chi connectivity index (χ1n) is 5.47. The summed E-state index contributed by atoms with van der Waals surface area (Å²) in [6.45, 7) is 4.22. The van der Waals surface area contributed by atoms with E-state index in [9.17, 15) is 9.90 Å². The summed E-state index contributed by atoms with van der Waals surface area (Å²) in [7, 11) is 1.58. The average molecular weight is 210 g/mol. The van der Waals surface area contributed by atoms with Crippen molar-refractivity contribution in [3.05, 3.63) is 11.6 Å². The summed E-state index contributed by atoms with van der Waals surface area (Å²) < 4.78 is 5.29. The van der Waals surface area contributed by atoms with Crippen LogP contribution in [0.15, 0.2) is 11.6 Å². The van der Waals surface area contributed by atoms with Crippen molar-refractivity contribution in [3.63, 3.8) is 0 Å². The van der Waals surface area contributed by atoms with Crippen molar-refractivity contribution in [1.29, 1.82) is 0 Å². The molecule has 0 saturated heterocycles. The smallest absolute Gasteiger partial charge is 0.169 e. The van der Waals surface area contributed by atoms with Gasteiger partial charge in [0.15, 0.2) is 5.78 Å². The second-order valence-electron chi connectivity index (χ2n) is 4.73. The maximum absolute atomic E-state index is 12.0. The molecule has 3 heteroatoms. The lowest BCUT2D eigenvalue weighted by atomic mass is 9.58. The van der Waals surface area contributed by atoms with Gasteiger partial charge in [-0.15, -0.1) is 0 Å². The van der Waals surface area contributed by atoms with E-state index in [1.807, 2.05) is 13.8 Å². The highest BCUT2D eigenvalue weighted by atomic mass is 16.5. The molecule has 3 aliphatic carbocycles. The van der Waals surface area contributed by atoms with Crippen LogP contribution in [0, 0.1) is 23.7 Å². The fraction of sp³-hybridized carbons (Fsp3) is 0.750. The number of rotatable bonds is 2. The monoisotopic (exact) mass is 210 g/mol. The molecule has 84 valence electrons. The molecule has 0 spiro atoms. The zero-order chi connectivity index (χ0) is 11.2. The number of Topliss-reactive ketones (excluding diaryl/α,β-unsaturated/α-hetero) is 1. The number of fused-ring (bicyclic) bond motifs is 2. The van der Waals surface area contributed by atoms with Crippen molar-refractivity contribution >= 4 is 5.78 Å². The maximum atomic E-state index is 12.0. The number of hydrogen-bond donors (Lipinski definition) is 1. The molecule has 0 radical (unpaired) electrons. The Hall–Kier alpha value is -0.670. The predicted octanol–water partition coefficient (Wildman–Crippen LogP) is 1.02. The Morgan fingerprint density at radius 3 is 2.73 bits per heavy atom. The van der Waals surface area contributed by atoms with Crippen molar-refractivity contribution in [2.75, 3.05) is 13.7 Å². The summed E-state index contributed by atoms with van der Waals surface area (Å²) in [6.07, 6.45) is 1.72. The summed E-state index contributed by atoms with van der Waals surface area (Å²) in [5.41, 5.74) is 1.20. The number of ketones is 1. The van der Waals surface area contributed by atoms with Crippen molar-refractivity contribution in [2.45, 2.75) is 20.0 Å². The number of methoxy groups -OCH3 is 1. The number of aliphatic hydroxyl groups is 1. The molecule has 1 fully saturated rings. The van der Waals surface area contributed by atoms with Gasteiger partial charge < -0.3 is 9.84 Å². The molecular weight excluding hydrogens is 192 g/mol. The molecule has 1 N–H and O–H groups in total. The van der Waals surface area contributed by atoms with Gasteiger partial charge in [0.1, 0.15) is 6.10 Å². The predicted molar refractivity (Wildman–Crippen MR) is 56.3 cm³/mol. The van der Waals surface area contributed by atoms with Crippen LogP contribution in [0.1, 0.15) is 13.8 Å². The Morgan fingerprint density at radius 1 is 1.53 bits per heavy atom. The average Bonchev–Trinajstić information content (AvgIpc) is 2.22. The van der Waals surface area contributed by atoms with Crippen LogP contribution in [-0.4, -0.2) is 30.7 Å². The number of carbonyl (C=O) groups is 1. The quantitative estimate of drug-likeness (QED) is 0.692. The van der Waals surface area contributed by atoms with E-state index in [1.165, 1.54) is 5.57 Å². The van der Waals surface area contributed by atoms with Gasteiger partial charge in [-0.1, -0.05) is 18.6 Å². The van der Waals surface area contributed by atoms with E-state index in [4.69, 9.17) is 4.74 Å². The fourth-order valence-corrected chi connectivity index (χ4v) is 3.19. The molecule has 0 aromatic carbocycles. The Bertz CT molecular complexity index is 308. The summed E-state index contributed by atoms with van der Waals surface area (Å²) in [5, 5.41) is 9.41. The van der Waals surface area contributed by atoms with Gasteiger partial charge >= 0.3 is 0 Å². The molecule has 0 aromatic heterocycles. The molecule has 1 saturated carbocycles. The first-order valence-corrected chi connectivity index (χ1v) is 5.47. The minimum absolute atomic E-state index is 0.0582. The largest absolute Gasteiger partial charge is 0.396 e. The summed E-state index contributed by atoms with van der Waals surface area (Å²) in [4.78, 5) is 12.0. The normalized spacial score (nSPS) is 44.4. The molecule has 3 nitrogen and oxygen atoms in total. The van der Waals surface area contributed by atoms with Crippen LogP contribution in [0.25, 0.3) is 0 Å². The summed E-state index contributed by atoms with van der Waals surface area (Å²) >= 11 is 0. The zero-order valence-corrected chi connectivity index (χ0v) is 9.43. The van der Waals surface area contributed by atoms with Gasteiger partial charge in [-0.05, 0) is 18.8 Å². The zero-order valence-electron chi connectivity index (χ0n) is 9.43. The molecule has 0 heterocycles. The minimum atomic E-state index is -0.339. The third-order valence-corrected chi connectivity index (χ3v) is 4.07. The molecule has 0 amide bonds. The van der Waals surface area contributed by atoms with Crippen LogP contribution >= 0.6 is 0 Å². The van der Waals surface area contributed by atoms with Crippen LogP contribution in [0.2, 0.25) is 0 Å². The van der Waals surface area contributed by atoms with Crippen molar-refractivity contribution in [1.82, 2.24) is 0 Å². The molecule has 3 rings (SSSR count). The van der Waals surface area contributed by atoms with Crippen LogP contribution in [0.4, 0.5) is 0 Å². The SMILES string of the molecule is CO[C@@H]1C(=O)[C@@H]2C=C(C)[C@H]1[C@H](CO)[C@H]2C. The number of ether oxygens (including phenoxy) is 1. The lowest BCUT2D eigenvalue weighted by molar-refractivity contribution is -0.147. The van der Waals surface area contributed by atoms with Crippen LogP contribution in [0.3, 0.4) is 0 Å². The minimum Gasteiger partial charge on any atom is -0.396 e. The Balaban J connectivity index is 2.40. The molecule has 0 aliphatic heterocycles. The fourth-order valence-electron chi connectivity index (χ4n) is 3.19. The van der Waals surface area contributed by atoms with Gasteiger partial charge in [-0.25, -0.2) is 0 Å². The van der Waals surface area contributed by atoms with E-state index in [-0.39, 0.29) is 42.2 Å². The summed E-state index contributed by atoms with van der Waals surface area (Å²) in [6, 6.07) is 0. The van der Waals surface area contributed by atoms with Crippen LogP contribution in [-0.2, 0) is 9.53 Å². The second-order valence-corrected chi connectivity index (χ2v) is 4.73. The molecule has 2 bridgehead atoms. The van der Waals surface area contributed by atoms with E-state index in [1.54, 1.807) is 7.11 Å². The lowest BCUT2D eigenvalue weighted by Crippen LogP contribution is -2.54. The maximum Gasteiger partial charge on any atom is 0.169 e. The van der Waals surface area contributed by atoms with Crippen molar-refractivity contribution < 1.29 is 14.6 Å². The molecule has 5 atom stereocenters. The molecule has 15 heavy (non-hydrogen) atoms. The highest BCUT2D eigenvalue weighted by molar-refractivity contribution is 5.90. The molecular formula is C12H18O3. The van der Waals surface area contributed by atoms with Gasteiger partial charge in [-0.2, -0.15) is 0 Å². The molecule has 3 aliphatic rings. The Morgan fingerprint density at radius 2 is 2.20 bits per heavy atom. The highest BCUT2D eigenvalue weighted by Crippen LogP contribution is 2.46. The van der Waals surface area contributed by atoms with E-state index in [0.717, 1.165) is 0 Å².